The predicted octanol–water partition coefficient (Wildman–Crippen LogP) is 2.28. The molecule has 3 rings (SSSR count). The number of amides is 1. The van der Waals surface area contributed by atoms with Crippen molar-refractivity contribution < 1.29 is 22.3 Å². The fourth-order valence-corrected chi connectivity index (χ4v) is 5.55. The maximum Gasteiger partial charge on any atom is 0.280 e. The number of nitrogens with one attached hydrogen (secondary N) is 2. The number of anilines is 1. The Hall–Kier alpha value is -1.44. The summed E-state index contributed by atoms with van der Waals surface area (Å²) in [6.45, 7) is 0.149. The molecule has 0 aliphatic carbocycles. The van der Waals surface area contributed by atoms with Crippen molar-refractivity contribution in [2.75, 3.05) is 25.6 Å². The van der Waals surface area contributed by atoms with E-state index in [-0.39, 0.29) is 24.0 Å². The molecule has 2 atom stereocenters. The molecule has 152 valence electrons. The molecule has 1 fully saturated rings. The molecule has 1 aliphatic heterocycles. The average Bonchev–Trinajstić information content (AvgIpc) is 3.17. The zero-order valence-electron chi connectivity index (χ0n) is 14.8. The molecule has 8 nitrogen and oxygen atoms in total. The lowest BCUT2D eigenvalue weighted by atomic mass is 10.1. The largest absolute Gasteiger partial charge is 0.383 e. The summed E-state index contributed by atoms with van der Waals surface area (Å²) in [5.74, 6) is -0.978. The summed E-state index contributed by atoms with van der Waals surface area (Å²) in [6.07, 6.45) is 1.78. The van der Waals surface area contributed by atoms with Gasteiger partial charge in [0, 0.05) is 30.9 Å². The predicted molar refractivity (Wildman–Crippen MR) is 107 cm³/mol. The summed E-state index contributed by atoms with van der Waals surface area (Å²) in [7, 11) is -2.48. The van der Waals surface area contributed by atoms with Crippen LogP contribution in [-0.2, 0) is 19.7 Å². The van der Waals surface area contributed by atoms with Gasteiger partial charge in [0.25, 0.3) is 10.2 Å². The molecule has 0 unspecified atom stereocenters. The number of thiazole rings is 1. The third-order valence-corrected chi connectivity index (χ3v) is 7.30. The van der Waals surface area contributed by atoms with Gasteiger partial charge in [-0.1, -0.05) is 0 Å². The van der Waals surface area contributed by atoms with E-state index in [4.69, 9.17) is 4.74 Å². The van der Waals surface area contributed by atoms with Crippen LogP contribution in [0.15, 0.2) is 34.2 Å². The second kappa shape index (κ2) is 8.93. The average molecular weight is 493 g/mol. The minimum Gasteiger partial charge on any atom is -0.383 e. The van der Waals surface area contributed by atoms with Crippen molar-refractivity contribution in [2.24, 2.45) is 0 Å². The van der Waals surface area contributed by atoms with Gasteiger partial charge in [0.15, 0.2) is 0 Å². The summed E-state index contributed by atoms with van der Waals surface area (Å²) in [5, 5.41) is 4.99. The molecule has 0 saturated carbocycles. The van der Waals surface area contributed by atoms with Crippen molar-refractivity contribution in [1.29, 1.82) is 0 Å². The first kappa shape index (κ1) is 21.3. The first-order chi connectivity index (χ1) is 13.3. The quantitative estimate of drug-likeness (QED) is 0.644. The van der Waals surface area contributed by atoms with Crippen molar-refractivity contribution >= 4 is 49.1 Å². The van der Waals surface area contributed by atoms with Crippen molar-refractivity contribution in [3.63, 3.8) is 0 Å². The number of methoxy groups -OCH3 is 1. The number of carbonyl (C=O) groups is 1. The van der Waals surface area contributed by atoms with Gasteiger partial charge in [-0.05, 0) is 40.5 Å². The summed E-state index contributed by atoms with van der Waals surface area (Å²) >= 11 is 4.38. The fraction of sp³-hybridized carbons (Fsp3) is 0.375. The van der Waals surface area contributed by atoms with E-state index in [0.29, 0.717) is 10.7 Å². The molecule has 1 saturated heterocycles. The summed E-state index contributed by atoms with van der Waals surface area (Å²) < 4.78 is 47.8. The molecule has 2 aromatic rings. The van der Waals surface area contributed by atoms with Gasteiger partial charge in [-0.25, -0.2) is 9.37 Å². The van der Waals surface area contributed by atoms with Crippen LogP contribution in [0.4, 0.5) is 10.1 Å². The molecule has 1 aromatic heterocycles. The minimum atomic E-state index is -3.93. The van der Waals surface area contributed by atoms with E-state index in [1.165, 1.54) is 36.6 Å². The van der Waals surface area contributed by atoms with Gasteiger partial charge in [-0.3, -0.25) is 4.79 Å². The van der Waals surface area contributed by atoms with Gasteiger partial charge in [0.1, 0.15) is 16.9 Å². The van der Waals surface area contributed by atoms with Gasteiger partial charge in [-0.15, -0.1) is 11.3 Å². The number of hydrogen-bond acceptors (Lipinski definition) is 6. The Balaban J connectivity index is 1.87. The Morgan fingerprint density at radius 1 is 1.54 bits per heavy atom. The van der Waals surface area contributed by atoms with E-state index in [9.17, 15) is 17.6 Å². The number of halogens is 2. The zero-order chi connectivity index (χ0) is 20.3. The molecule has 1 aromatic carbocycles. The van der Waals surface area contributed by atoms with Crippen LogP contribution in [-0.4, -0.2) is 49.9 Å². The highest BCUT2D eigenvalue weighted by atomic mass is 79.9. The summed E-state index contributed by atoms with van der Waals surface area (Å²) in [4.78, 5) is 17.1. The van der Waals surface area contributed by atoms with E-state index in [2.05, 4.69) is 31.0 Å². The Bertz CT molecular complexity index is 942. The van der Waals surface area contributed by atoms with Crippen LogP contribution in [0, 0.1) is 5.82 Å². The fourth-order valence-electron chi connectivity index (χ4n) is 2.86. The van der Waals surface area contributed by atoms with Gasteiger partial charge in [0.2, 0.25) is 5.91 Å². The van der Waals surface area contributed by atoms with E-state index >= 15 is 0 Å². The molecule has 12 heteroatoms. The highest BCUT2D eigenvalue weighted by Gasteiger charge is 2.43. The monoisotopic (exact) mass is 492 g/mol. The number of aromatic nitrogens is 1. The third-order valence-electron chi connectivity index (χ3n) is 4.16. The lowest BCUT2D eigenvalue weighted by Gasteiger charge is -2.37. The van der Waals surface area contributed by atoms with Crippen molar-refractivity contribution in [1.82, 2.24) is 14.0 Å². The van der Waals surface area contributed by atoms with Crippen LogP contribution in [0.5, 0.6) is 0 Å². The Kier molecular flexibility index (Phi) is 6.78. The number of rotatable bonds is 6. The van der Waals surface area contributed by atoms with Crippen LogP contribution in [0.1, 0.15) is 17.5 Å². The third kappa shape index (κ3) is 4.75. The Morgan fingerprint density at radius 3 is 2.96 bits per heavy atom. The SMILES string of the molecule is COCCN1[C@@H](C(=O)Nc2ccc(F)c(Br)c2)C[C@@H](c2nccs2)NS1(=O)=O. The normalized spacial score (nSPS) is 22.1. The van der Waals surface area contributed by atoms with Crippen LogP contribution in [0.2, 0.25) is 0 Å². The highest BCUT2D eigenvalue weighted by molar-refractivity contribution is 9.10. The molecular formula is C16H18BrFN4O4S2. The second-order valence-corrected chi connectivity index (χ2v) is 9.45. The molecule has 1 aliphatic rings. The Morgan fingerprint density at radius 2 is 2.32 bits per heavy atom. The second-order valence-electron chi connectivity index (χ2n) is 6.02. The zero-order valence-corrected chi connectivity index (χ0v) is 18.0. The number of benzene rings is 1. The lowest BCUT2D eigenvalue weighted by Crippen LogP contribution is -2.58. The standard InChI is InChI=1S/C16H18BrFN4O4S2/c1-26-6-5-22-14(15(23)20-10-2-3-12(18)11(17)8-10)9-13(21-28(22,24)25)16-19-4-7-27-16/h2-4,7-8,13-14,21H,5-6,9H2,1H3,(H,20,23)/t13-,14+/m0/s1. The lowest BCUT2D eigenvalue weighted by molar-refractivity contribution is -0.120. The summed E-state index contributed by atoms with van der Waals surface area (Å²) in [5.41, 5.74) is 0.353. The van der Waals surface area contributed by atoms with E-state index in [1.807, 2.05) is 0 Å². The Labute approximate surface area is 174 Å². The molecule has 0 radical (unpaired) electrons. The maximum absolute atomic E-state index is 13.4. The molecule has 2 heterocycles. The molecular weight excluding hydrogens is 475 g/mol. The number of hydrogen-bond donors (Lipinski definition) is 2. The first-order valence-electron chi connectivity index (χ1n) is 8.25. The smallest absolute Gasteiger partial charge is 0.280 e. The molecule has 0 bridgehead atoms. The summed E-state index contributed by atoms with van der Waals surface area (Å²) in [6, 6.07) is 2.45. The van der Waals surface area contributed by atoms with E-state index in [0.717, 1.165) is 4.31 Å². The molecule has 2 N–H and O–H groups in total. The minimum absolute atomic E-state index is 0.0155. The van der Waals surface area contributed by atoms with Crippen LogP contribution in [0.25, 0.3) is 0 Å². The molecule has 1 amide bonds. The van der Waals surface area contributed by atoms with Crippen LogP contribution in [0.3, 0.4) is 0 Å². The highest BCUT2D eigenvalue weighted by Crippen LogP contribution is 2.30. The van der Waals surface area contributed by atoms with Gasteiger partial charge >= 0.3 is 0 Å². The van der Waals surface area contributed by atoms with Crippen LogP contribution >= 0.6 is 27.3 Å². The van der Waals surface area contributed by atoms with Crippen molar-refractivity contribution in [3.05, 3.63) is 45.1 Å². The van der Waals surface area contributed by atoms with Gasteiger partial charge in [-0.2, -0.15) is 17.4 Å². The van der Waals surface area contributed by atoms with E-state index in [1.54, 1.807) is 11.6 Å². The number of ether oxygens (including phenoxy) is 1. The molecule has 0 spiro atoms. The van der Waals surface area contributed by atoms with E-state index < -0.39 is 34.0 Å². The van der Waals surface area contributed by atoms with Gasteiger partial charge < -0.3 is 10.1 Å². The first-order valence-corrected chi connectivity index (χ1v) is 11.4. The topological polar surface area (TPSA) is 101 Å². The van der Waals surface area contributed by atoms with Gasteiger partial charge in [0.05, 0.1) is 17.1 Å². The molecule has 28 heavy (non-hydrogen) atoms. The van der Waals surface area contributed by atoms with Crippen molar-refractivity contribution in [3.8, 4) is 0 Å². The van der Waals surface area contributed by atoms with Crippen molar-refractivity contribution in [2.45, 2.75) is 18.5 Å². The number of nitrogens with zero attached hydrogens (tertiary/aromatic N) is 2. The maximum atomic E-state index is 13.4. The van der Waals surface area contributed by atoms with Crippen LogP contribution < -0.4 is 10.0 Å². The number of carbonyl (C=O) groups excluding carboxylic acids is 1.